The van der Waals surface area contributed by atoms with Gasteiger partial charge in [0.25, 0.3) is 5.79 Å². The molecule has 1 aromatic heterocycles. The van der Waals surface area contributed by atoms with Crippen LogP contribution in [-0.2, 0) is 0 Å². The van der Waals surface area contributed by atoms with Gasteiger partial charge in [-0.3, -0.25) is 0 Å². The number of nitrogens with one attached hydrogen (secondary N) is 2. The number of hydrogen-bond acceptors (Lipinski definition) is 6. The van der Waals surface area contributed by atoms with Crippen molar-refractivity contribution in [2.75, 3.05) is 38.5 Å². The lowest BCUT2D eigenvalue weighted by atomic mass is 9.79. The second-order valence-corrected chi connectivity index (χ2v) is 11.1. The largest absolute Gasteiger partial charge is 0.383 e. The van der Waals surface area contributed by atoms with E-state index in [1.165, 1.54) is 43.5 Å². The number of rotatable bonds is 7. The molecule has 3 aliphatic heterocycles. The maximum atomic E-state index is 13.6. The lowest BCUT2D eigenvalue weighted by molar-refractivity contribution is 0.0206. The molecule has 7 nitrogen and oxygen atoms in total. The van der Waals surface area contributed by atoms with Crippen molar-refractivity contribution in [3.05, 3.63) is 59.9 Å². The van der Waals surface area contributed by atoms with Crippen LogP contribution in [0.15, 0.2) is 43.0 Å². The van der Waals surface area contributed by atoms with Gasteiger partial charge in [0, 0.05) is 31.8 Å². The molecule has 3 fully saturated rings. The van der Waals surface area contributed by atoms with Crippen LogP contribution >= 0.6 is 0 Å². The third-order valence-corrected chi connectivity index (χ3v) is 9.32. The van der Waals surface area contributed by atoms with Crippen LogP contribution in [0.1, 0.15) is 74.3 Å². The third-order valence-electron chi connectivity index (χ3n) is 9.32. The Morgan fingerprint density at radius 3 is 2.28 bits per heavy atom. The van der Waals surface area contributed by atoms with Gasteiger partial charge < -0.3 is 21.3 Å². The van der Waals surface area contributed by atoms with Crippen LogP contribution in [0.5, 0.6) is 0 Å². The molecular weight excluding hydrogens is 453 g/mol. The Hall–Kier alpha value is -2.71. The monoisotopic (exact) mass is 492 g/mol. The Kier molecular flexibility index (Phi) is 6.33. The second-order valence-electron chi connectivity index (χ2n) is 11.1. The van der Waals surface area contributed by atoms with Gasteiger partial charge in [-0.1, -0.05) is 18.6 Å². The fourth-order valence-corrected chi connectivity index (χ4v) is 7.01. The second kappa shape index (κ2) is 9.63. The minimum absolute atomic E-state index is 0.174. The lowest BCUT2D eigenvalue weighted by Gasteiger charge is -2.54. The van der Waals surface area contributed by atoms with Gasteiger partial charge in [-0.05, 0) is 68.3 Å². The van der Waals surface area contributed by atoms with Gasteiger partial charge in [-0.2, -0.15) is 4.98 Å². The molecule has 4 aliphatic rings. The third kappa shape index (κ3) is 4.04. The fraction of sp³-hybridized carbons (Fsp3) is 0.571. The zero-order valence-corrected chi connectivity index (χ0v) is 21.1. The summed E-state index contributed by atoms with van der Waals surface area (Å²) in [6, 6.07) is 7.10. The molecule has 0 spiro atoms. The van der Waals surface area contributed by atoms with Crippen LogP contribution in [0, 0.1) is 5.82 Å². The molecule has 0 amide bonds. The molecular formula is C28H39FN7+. The number of piperidine rings is 1. The van der Waals surface area contributed by atoms with E-state index in [0.29, 0.717) is 22.1 Å². The molecule has 0 bridgehead atoms. The summed E-state index contributed by atoms with van der Waals surface area (Å²) in [5.74, 6) is 2.03. The van der Waals surface area contributed by atoms with Gasteiger partial charge in [-0.25, -0.2) is 13.9 Å². The number of likely N-dealkylation sites (tertiary alicyclic amines) is 2. The summed E-state index contributed by atoms with van der Waals surface area (Å²) >= 11 is 0. The summed E-state index contributed by atoms with van der Waals surface area (Å²) in [6.07, 6.45) is 14.9. The zero-order chi connectivity index (χ0) is 24.6. The number of nitrogen functional groups attached to an aromatic ring is 1. The van der Waals surface area contributed by atoms with Crippen molar-refractivity contribution < 1.29 is 4.39 Å². The molecule has 8 heteroatoms. The maximum absolute atomic E-state index is 13.6. The number of halogens is 1. The van der Waals surface area contributed by atoms with E-state index in [2.05, 4.69) is 32.9 Å². The first kappa shape index (κ1) is 23.7. The zero-order valence-electron chi connectivity index (χ0n) is 21.1. The Bertz CT molecular complexity index is 1080. The van der Waals surface area contributed by atoms with Gasteiger partial charge in [-0.15, -0.1) is 0 Å². The highest BCUT2D eigenvalue weighted by molar-refractivity contribution is 5.58. The van der Waals surface area contributed by atoms with E-state index in [-0.39, 0.29) is 11.6 Å². The summed E-state index contributed by atoms with van der Waals surface area (Å²) in [7, 11) is 0. The predicted octanol–water partition coefficient (Wildman–Crippen LogP) is 4.15. The molecule has 2 saturated heterocycles. The number of nitrogens with zero attached hydrogens (tertiary/aromatic N) is 4. The minimum atomic E-state index is -0.379. The smallest absolute Gasteiger partial charge is 0.257 e. The molecule has 2 aromatic rings. The molecule has 6 rings (SSSR count). The minimum Gasteiger partial charge on any atom is -0.383 e. The highest BCUT2D eigenvalue weighted by Crippen LogP contribution is 2.48. The molecule has 192 valence electrons. The SMILES string of the molecule is Nc1ncnc([N+]2(C3(CCN4CCCC4)NC=CN3)CCC(c3ccc(F)cc3)CC2)c1C1CCC1. The van der Waals surface area contributed by atoms with E-state index in [9.17, 15) is 4.39 Å². The average Bonchev–Trinajstić information content (AvgIpc) is 3.57. The number of aromatic nitrogens is 2. The normalized spacial score (nSPS) is 28.0. The van der Waals surface area contributed by atoms with Gasteiger partial charge in [0.15, 0.2) is 0 Å². The number of quaternary nitrogens is 1. The fourth-order valence-electron chi connectivity index (χ4n) is 7.01. The lowest BCUT2D eigenvalue weighted by Crippen LogP contribution is -2.78. The van der Waals surface area contributed by atoms with Crippen molar-refractivity contribution in [1.29, 1.82) is 0 Å². The van der Waals surface area contributed by atoms with Gasteiger partial charge in [0.05, 0.1) is 25.1 Å². The maximum Gasteiger partial charge on any atom is 0.257 e. The van der Waals surface area contributed by atoms with E-state index >= 15 is 0 Å². The van der Waals surface area contributed by atoms with Crippen molar-refractivity contribution in [2.24, 2.45) is 0 Å². The highest BCUT2D eigenvalue weighted by atomic mass is 19.1. The molecule has 1 saturated carbocycles. The van der Waals surface area contributed by atoms with Crippen LogP contribution in [0.3, 0.4) is 0 Å². The molecule has 4 heterocycles. The van der Waals surface area contributed by atoms with E-state index in [4.69, 9.17) is 10.7 Å². The van der Waals surface area contributed by atoms with Crippen molar-refractivity contribution in [2.45, 2.75) is 69.0 Å². The van der Waals surface area contributed by atoms with Gasteiger partial charge >= 0.3 is 0 Å². The molecule has 1 aliphatic carbocycles. The van der Waals surface area contributed by atoms with Crippen molar-refractivity contribution in [3.63, 3.8) is 0 Å². The Morgan fingerprint density at radius 1 is 0.944 bits per heavy atom. The first-order valence-corrected chi connectivity index (χ1v) is 13.8. The molecule has 36 heavy (non-hydrogen) atoms. The number of anilines is 1. The Balaban J connectivity index is 1.38. The highest BCUT2D eigenvalue weighted by Gasteiger charge is 2.57. The van der Waals surface area contributed by atoms with E-state index in [1.807, 2.05) is 12.1 Å². The quantitative estimate of drug-likeness (QED) is 0.504. The van der Waals surface area contributed by atoms with Crippen molar-refractivity contribution in [3.8, 4) is 0 Å². The Labute approximate surface area is 213 Å². The van der Waals surface area contributed by atoms with Crippen molar-refractivity contribution in [1.82, 2.24) is 30.0 Å². The summed E-state index contributed by atoms with van der Waals surface area (Å²) in [6.45, 7) is 5.27. The summed E-state index contributed by atoms with van der Waals surface area (Å²) in [5.41, 5.74) is 8.98. The molecule has 4 N–H and O–H groups in total. The number of benzene rings is 1. The van der Waals surface area contributed by atoms with Gasteiger partial charge in [0.1, 0.15) is 18.0 Å². The first-order chi connectivity index (χ1) is 17.6. The summed E-state index contributed by atoms with van der Waals surface area (Å²) < 4.78 is 14.3. The number of nitrogens with two attached hydrogens (primary N) is 1. The molecule has 1 aromatic carbocycles. The Morgan fingerprint density at radius 2 is 1.64 bits per heavy atom. The summed E-state index contributed by atoms with van der Waals surface area (Å²) in [5, 5.41) is 7.58. The van der Waals surface area contributed by atoms with Crippen LogP contribution in [0.25, 0.3) is 0 Å². The van der Waals surface area contributed by atoms with Gasteiger partial charge in [0.2, 0.25) is 5.82 Å². The predicted molar refractivity (Wildman–Crippen MR) is 141 cm³/mol. The standard InChI is InChI=1S/C28H39FN7/c29-24-8-6-21(7-9-24)22-10-18-36(19-11-22,27-25(23-4-3-5-23)26(30)31-20-32-27)28(33-13-14-34-28)12-17-35-15-1-2-16-35/h6-9,13-14,20,22-23,33-34H,1-5,10-12,15-19H2,(H2,30,31,32)/q+1. The van der Waals surface area contributed by atoms with Crippen LogP contribution in [-0.4, -0.2) is 53.4 Å². The summed E-state index contributed by atoms with van der Waals surface area (Å²) in [4.78, 5) is 12.1. The molecule has 0 radical (unpaired) electrons. The topological polar surface area (TPSA) is 79.1 Å². The van der Waals surface area contributed by atoms with E-state index in [0.717, 1.165) is 57.6 Å². The molecule has 0 atom stereocenters. The van der Waals surface area contributed by atoms with Crippen LogP contribution in [0.4, 0.5) is 16.0 Å². The van der Waals surface area contributed by atoms with E-state index in [1.54, 1.807) is 18.5 Å². The van der Waals surface area contributed by atoms with Crippen LogP contribution < -0.4 is 20.9 Å². The molecule has 0 unspecified atom stereocenters. The van der Waals surface area contributed by atoms with E-state index < -0.39 is 0 Å². The van der Waals surface area contributed by atoms with Crippen molar-refractivity contribution >= 4 is 11.6 Å². The number of hydrogen-bond donors (Lipinski definition) is 3. The average molecular weight is 493 g/mol. The van der Waals surface area contributed by atoms with Crippen LogP contribution in [0.2, 0.25) is 0 Å². The first-order valence-electron chi connectivity index (χ1n) is 13.8.